The fraction of sp³-hybridized carbons (Fsp3) is 0.333. The maximum absolute atomic E-state index is 5.31. The Morgan fingerprint density at radius 2 is 1.93 bits per heavy atom. The van der Waals surface area contributed by atoms with E-state index in [2.05, 4.69) is 12.1 Å². The van der Waals surface area contributed by atoms with Crippen molar-refractivity contribution < 1.29 is 9.47 Å². The molecular weight excluding hydrogens is 176 g/mol. The molecule has 0 saturated carbocycles. The highest BCUT2D eigenvalue weighted by Crippen LogP contribution is 2.31. The second-order valence-electron chi connectivity index (χ2n) is 3.35. The van der Waals surface area contributed by atoms with Crippen LogP contribution in [0.15, 0.2) is 24.0 Å². The van der Waals surface area contributed by atoms with E-state index in [0.717, 1.165) is 29.9 Å². The molecule has 0 atom stereocenters. The molecule has 0 radical (unpaired) electrons. The molecule has 0 spiro atoms. The smallest absolute Gasteiger partial charge is 0.126 e. The van der Waals surface area contributed by atoms with Crippen LogP contribution in [0.3, 0.4) is 0 Å². The Kier molecular flexibility index (Phi) is 2.44. The number of aryl methyl sites for hydroxylation is 1. The van der Waals surface area contributed by atoms with Crippen molar-refractivity contribution in [2.24, 2.45) is 0 Å². The summed E-state index contributed by atoms with van der Waals surface area (Å²) in [7, 11) is 3.41. The average Bonchev–Trinajstić information content (AvgIpc) is 2.27. The van der Waals surface area contributed by atoms with Gasteiger partial charge in [0.1, 0.15) is 5.75 Å². The number of ether oxygens (including phenoxy) is 2. The van der Waals surface area contributed by atoms with Crippen LogP contribution in [-0.2, 0) is 11.2 Å². The van der Waals surface area contributed by atoms with Gasteiger partial charge in [0.15, 0.2) is 0 Å². The van der Waals surface area contributed by atoms with Gasteiger partial charge in [-0.1, -0.05) is 12.1 Å². The first-order chi connectivity index (χ1) is 6.85. The minimum absolute atomic E-state index is 0.928. The van der Waals surface area contributed by atoms with Crippen molar-refractivity contribution >= 4 is 6.08 Å². The van der Waals surface area contributed by atoms with Gasteiger partial charge in [0.2, 0.25) is 0 Å². The highest BCUT2D eigenvalue weighted by atomic mass is 16.5. The summed E-state index contributed by atoms with van der Waals surface area (Å²) < 4.78 is 10.6. The lowest BCUT2D eigenvalue weighted by Gasteiger charge is -2.17. The third kappa shape index (κ3) is 1.48. The largest absolute Gasteiger partial charge is 0.501 e. The second kappa shape index (κ2) is 3.74. The van der Waals surface area contributed by atoms with Crippen LogP contribution in [0.2, 0.25) is 0 Å². The van der Waals surface area contributed by atoms with Crippen molar-refractivity contribution in [2.45, 2.75) is 12.8 Å². The van der Waals surface area contributed by atoms with Crippen LogP contribution < -0.4 is 4.74 Å². The number of fused-ring (bicyclic) bond motifs is 1. The zero-order valence-electron chi connectivity index (χ0n) is 8.54. The minimum Gasteiger partial charge on any atom is -0.501 e. The van der Waals surface area contributed by atoms with E-state index in [9.17, 15) is 0 Å². The van der Waals surface area contributed by atoms with Gasteiger partial charge < -0.3 is 9.47 Å². The molecule has 1 aliphatic carbocycles. The van der Waals surface area contributed by atoms with Gasteiger partial charge in [0, 0.05) is 12.0 Å². The van der Waals surface area contributed by atoms with E-state index < -0.39 is 0 Å². The normalized spacial score (nSPS) is 14.3. The van der Waals surface area contributed by atoms with Crippen LogP contribution in [0.25, 0.3) is 6.08 Å². The number of rotatable bonds is 2. The van der Waals surface area contributed by atoms with Gasteiger partial charge in [0.05, 0.1) is 20.0 Å². The zero-order chi connectivity index (χ0) is 9.97. The lowest BCUT2D eigenvalue weighted by atomic mass is 9.95. The molecule has 1 aromatic carbocycles. The topological polar surface area (TPSA) is 18.5 Å². The van der Waals surface area contributed by atoms with Crippen LogP contribution >= 0.6 is 0 Å². The predicted molar refractivity (Wildman–Crippen MR) is 56.3 cm³/mol. The highest BCUT2D eigenvalue weighted by molar-refractivity contribution is 5.64. The van der Waals surface area contributed by atoms with E-state index in [-0.39, 0.29) is 0 Å². The van der Waals surface area contributed by atoms with E-state index >= 15 is 0 Å². The van der Waals surface area contributed by atoms with Gasteiger partial charge in [-0.2, -0.15) is 0 Å². The summed E-state index contributed by atoms with van der Waals surface area (Å²) in [6.07, 6.45) is 4.08. The van der Waals surface area contributed by atoms with Crippen LogP contribution in [0, 0.1) is 0 Å². The molecule has 0 fully saturated rings. The highest BCUT2D eigenvalue weighted by Gasteiger charge is 2.13. The van der Waals surface area contributed by atoms with Crippen LogP contribution in [-0.4, -0.2) is 14.2 Å². The number of benzene rings is 1. The van der Waals surface area contributed by atoms with Crippen molar-refractivity contribution in [2.75, 3.05) is 14.2 Å². The van der Waals surface area contributed by atoms with Crippen molar-refractivity contribution in [1.29, 1.82) is 0 Å². The summed E-state index contributed by atoms with van der Waals surface area (Å²) in [5.74, 6) is 1.96. The molecule has 74 valence electrons. The van der Waals surface area contributed by atoms with Gasteiger partial charge >= 0.3 is 0 Å². The Morgan fingerprint density at radius 1 is 1.07 bits per heavy atom. The molecule has 2 heteroatoms. The van der Waals surface area contributed by atoms with Gasteiger partial charge in [-0.3, -0.25) is 0 Å². The molecule has 0 unspecified atom stereocenters. The molecule has 0 aliphatic heterocycles. The SMILES string of the molecule is COC1=Cc2c(cccc2OC)CC1. The standard InChI is InChI=1S/C12H14O2/c1-13-10-7-6-9-4-3-5-12(14-2)11(9)8-10/h3-5,8H,6-7H2,1-2H3. The first-order valence-electron chi connectivity index (χ1n) is 4.75. The third-order valence-corrected chi connectivity index (χ3v) is 2.58. The van der Waals surface area contributed by atoms with Crippen molar-refractivity contribution in [1.82, 2.24) is 0 Å². The molecule has 1 aromatic rings. The lowest BCUT2D eigenvalue weighted by molar-refractivity contribution is 0.279. The summed E-state index contributed by atoms with van der Waals surface area (Å²) >= 11 is 0. The van der Waals surface area contributed by atoms with E-state index in [4.69, 9.17) is 9.47 Å². The molecule has 2 nitrogen and oxygen atoms in total. The van der Waals surface area contributed by atoms with Crippen molar-refractivity contribution in [3.8, 4) is 5.75 Å². The Balaban J connectivity index is 2.48. The van der Waals surface area contributed by atoms with Gasteiger partial charge in [0.25, 0.3) is 0 Å². The maximum atomic E-state index is 5.31. The molecule has 0 amide bonds. The second-order valence-corrected chi connectivity index (χ2v) is 3.35. The van der Waals surface area contributed by atoms with Gasteiger partial charge in [-0.25, -0.2) is 0 Å². The average molecular weight is 190 g/mol. The summed E-state index contributed by atoms with van der Waals surface area (Å²) in [5.41, 5.74) is 2.50. The summed E-state index contributed by atoms with van der Waals surface area (Å²) in [6, 6.07) is 6.15. The minimum atomic E-state index is 0.928. The van der Waals surface area contributed by atoms with E-state index in [1.807, 2.05) is 12.1 Å². The number of methoxy groups -OCH3 is 2. The summed E-state index contributed by atoms with van der Waals surface area (Å²) in [5, 5.41) is 0. The summed E-state index contributed by atoms with van der Waals surface area (Å²) in [4.78, 5) is 0. The molecule has 0 heterocycles. The third-order valence-electron chi connectivity index (χ3n) is 2.58. The first kappa shape index (κ1) is 9.13. The van der Waals surface area contributed by atoms with E-state index in [1.54, 1.807) is 14.2 Å². The van der Waals surface area contributed by atoms with E-state index in [0.29, 0.717) is 0 Å². The molecule has 0 aromatic heterocycles. The molecular formula is C12H14O2. The Bertz CT molecular complexity index is 367. The van der Waals surface area contributed by atoms with Crippen LogP contribution in [0.1, 0.15) is 17.5 Å². The quantitative estimate of drug-likeness (QED) is 0.713. The van der Waals surface area contributed by atoms with Gasteiger partial charge in [-0.05, 0) is 24.1 Å². The molecule has 0 N–H and O–H groups in total. The summed E-state index contributed by atoms with van der Waals surface area (Å²) in [6.45, 7) is 0. The predicted octanol–water partition coefficient (Wildman–Crippen LogP) is 2.63. The molecule has 2 rings (SSSR count). The Labute approximate surface area is 84.2 Å². The fourth-order valence-corrected chi connectivity index (χ4v) is 1.80. The monoisotopic (exact) mass is 190 g/mol. The molecule has 14 heavy (non-hydrogen) atoms. The number of hydrogen-bond acceptors (Lipinski definition) is 2. The lowest BCUT2D eigenvalue weighted by Crippen LogP contribution is -2.02. The van der Waals surface area contributed by atoms with Crippen molar-refractivity contribution in [3.05, 3.63) is 35.1 Å². The Morgan fingerprint density at radius 3 is 2.64 bits per heavy atom. The fourth-order valence-electron chi connectivity index (χ4n) is 1.80. The zero-order valence-corrected chi connectivity index (χ0v) is 8.54. The molecule has 0 bridgehead atoms. The van der Waals surface area contributed by atoms with Crippen LogP contribution in [0.4, 0.5) is 0 Å². The van der Waals surface area contributed by atoms with E-state index in [1.165, 1.54) is 5.56 Å². The number of allylic oxidation sites excluding steroid dienone is 1. The number of hydrogen-bond donors (Lipinski definition) is 0. The van der Waals surface area contributed by atoms with Gasteiger partial charge in [-0.15, -0.1) is 0 Å². The first-order valence-corrected chi connectivity index (χ1v) is 4.75. The molecule has 0 saturated heterocycles. The van der Waals surface area contributed by atoms with Crippen LogP contribution in [0.5, 0.6) is 5.75 Å². The van der Waals surface area contributed by atoms with Crippen molar-refractivity contribution in [3.63, 3.8) is 0 Å². The maximum Gasteiger partial charge on any atom is 0.126 e. The Hall–Kier alpha value is -1.44. The molecule has 1 aliphatic rings.